The van der Waals surface area contributed by atoms with Crippen LogP contribution in [0.2, 0.25) is 0 Å². The summed E-state index contributed by atoms with van der Waals surface area (Å²) in [5, 5.41) is 18.9. The summed E-state index contributed by atoms with van der Waals surface area (Å²) in [7, 11) is 4.02. The van der Waals surface area contributed by atoms with E-state index >= 15 is 0 Å². The summed E-state index contributed by atoms with van der Waals surface area (Å²) >= 11 is 0. The van der Waals surface area contributed by atoms with Gasteiger partial charge in [0.15, 0.2) is 0 Å². The van der Waals surface area contributed by atoms with Crippen molar-refractivity contribution < 1.29 is 19.4 Å². The Morgan fingerprint density at radius 1 is 0.952 bits per heavy atom. The van der Waals surface area contributed by atoms with Crippen molar-refractivity contribution in [3.8, 4) is 0 Å². The molecule has 4 nitrogen and oxygen atoms in total. The van der Waals surface area contributed by atoms with E-state index < -0.39 is 6.10 Å². The molecule has 0 bridgehead atoms. The smallest absolute Gasteiger partial charge is 0.126 e. The third-order valence-electron chi connectivity index (χ3n) is 3.86. The lowest BCUT2D eigenvalue weighted by molar-refractivity contribution is -0.893. The van der Waals surface area contributed by atoms with Gasteiger partial charge in [-0.1, -0.05) is 51.9 Å². The number of aliphatic hydroxyl groups excluding tert-OH is 2. The summed E-state index contributed by atoms with van der Waals surface area (Å²) in [5.74, 6) is 0. The van der Waals surface area contributed by atoms with E-state index in [0.717, 1.165) is 13.0 Å². The molecule has 21 heavy (non-hydrogen) atoms. The number of hydrogen-bond acceptors (Lipinski definition) is 3. The first-order valence-corrected chi connectivity index (χ1v) is 8.70. The van der Waals surface area contributed by atoms with Crippen LogP contribution in [0.3, 0.4) is 0 Å². The van der Waals surface area contributed by atoms with Gasteiger partial charge < -0.3 is 19.4 Å². The molecule has 0 aromatic carbocycles. The van der Waals surface area contributed by atoms with Crippen molar-refractivity contribution in [3.05, 3.63) is 0 Å². The Labute approximate surface area is 131 Å². The van der Waals surface area contributed by atoms with Gasteiger partial charge in [-0.3, -0.25) is 0 Å². The van der Waals surface area contributed by atoms with Gasteiger partial charge in [0, 0.05) is 6.61 Å². The van der Waals surface area contributed by atoms with Gasteiger partial charge in [0.2, 0.25) is 0 Å². The summed E-state index contributed by atoms with van der Waals surface area (Å²) in [4.78, 5) is 0. The van der Waals surface area contributed by atoms with Crippen molar-refractivity contribution in [2.75, 3.05) is 47.0 Å². The number of aliphatic hydroxyl groups is 2. The number of quaternary nitrogens is 1. The van der Waals surface area contributed by atoms with E-state index in [4.69, 9.17) is 9.84 Å². The number of nitrogens with zero attached hydrogens (tertiary/aromatic N) is 1. The lowest BCUT2D eigenvalue weighted by atomic mass is 10.1. The molecule has 0 heterocycles. The third kappa shape index (κ3) is 14.5. The van der Waals surface area contributed by atoms with Gasteiger partial charge in [0.25, 0.3) is 0 Å². The first kappa shape index (κ1) is 20.8. The molecule has 0 aliphatic rings. The lowest BCUT2D eigenvalue weighted by Crippen LogP contribution is -2.48. The quantitative estimate of drug-likeness (QED) is 0.361. The van der Waals surface area contributed by atoms with E-state index in [1.165, 1.54) is 44.9 Å². The first-order chi connectivity index (χ1) is 10.0. The van der Waals surface area contributed by atoms with Gasteiger partial charge in [-0.05, 0) is 6.42 Å². The van der Waals surface area contributed by atoms with E-state index in [2.05, 4.69) is 6.92 Å². The van der Waals surface area contributed by atoms with Gasteiger partial charge in [0.05, 0.1) is 27.3 Å². The Balaban J connectivity index is 3.34. The molecular formula is C17H38NO3+. The fourth-order valence-corrected chi connectivity index (χ4v) is 2.54. The van der Waals surface area contributed by atoms with E-state index in [-0.39, 0.29) is 6.61 Å². The molecule has 1 unspecified atom stereocenters. The molecule has 128 valence electrons. The van der Waals surface area contributed by atoms with Crippen LogP contribution in [0.5, 0.6) is 0 Å². The van der Waals surface area contributed by atoms with Crippen LogP contribution in [-0.4, -0.2) is 67.8 Å². The van der Waals surface area contributed by atoms with Crippen molar-refractivity contribution >= 4 is 0 Å². The van der Waals surface area contributed by atoms with Gasteiger partial charge in [-0.25, -0.2) is 0 Å². The number of rotatable bonds is 15. The predicted molar refractivity (Wildman–Crippen MR) is 88.4 cm³/mol. The highest BCUT2D eigenvalue weighted by molar-refractivity contribution is 4.53. The van der Waals surface area contributed by atoms with Crippen LogP contribution in [0.15, 0.2) is 0 Å². The minimum atomic E-state index is -0.444. The van der Waals surface area contributed by atoms with Crippen LogP contribution in [0.4, 0.5) is 0 Å². The van der Waals surface area contributed by atoms with E-state index in [9.17, 15) is 5.11 Å². The van der Waals surface area contributed by atoms with Gasteiger partial charge >= 0.3 is 0 Å². The molecule has 0 fully saturated rings. The Morgan fingerprint density at radius 3 is 2.10 bits per heavy atom. The zero-order valence-corrected chi connectivity index (χ0v) is 14.5. The SMILES string of the molecule is CCCCCCCCCCOCC(O)C[N+](C)(C)CCO. The Bertz CT molecular complexity index is 222. The van der Waals surface area contributed by atoms with Gasteiger partial charge in [-0.2, -0.15) is 0 Å². The number of unbranched alkanes of at least 4 members (excludes halogenated alkanes) is 7. The maximum absolute atomic E-state index is 9.91. The summed E-state index contributed by atoms with van der Waals surface area (Å²) in [6.45, 7) is 4.84. The van der Waals surface area contributed by atoms with Crippen molar-refractivity contribution in [1.82, 2.24) is 0 Å². The van der Waals surface area contributed by atoms with Crippen LogP contribution in [0.1, 0.15) is 58.3 Å². The highest BCUT2D eigenvalue weighted by Gasteiger charge is 2.19. The van der Waals surface area contributed by atoms with Crippen LogP contribution in [-0.2, 0) is 4.74 Å². The van der Waals surface area contributed by atoms with E-state index in [0.29, 0.717) is 24.2 Å². The number of ether oxygens (including phenoxy) is 1. The fraction of sp³-hybridized carbons (Fsp3) is 1.00. The number of hydrogen-bond donors (Lipinski definition) is 2. The molecular weight excluding hydrogens is 266 g/mol. The van der Waals surface area contributed by atoms with Crippen molar-refractivity contribution in [2.24, 2.45) is 0 Å². The Morgan fingerprint density at radius 2 is 1.52 bits per heavy atom. The topological polar surface area (TPSA) is 49.7 Å². The van der Waals surface area contributed by atoms with Gasteiger partial charge in [-0.15, -0.1) is 0 Å². The molecule has 0 aliphatic heterocycles. The Hall–Kier alpha value is -0.160. The molecule has 0 saturated carbocycles. The zero-order valence-electron chi connectivity index (χ0n) is 14.5. The second-order valence-corrected chi connectivity index (χ2v) is 6.77. The maximum Gasteiger partial charge on any atom is 0.126 e. The van der Waals surface area contributed by atoms with Crippen LogP contribution in [0, 0.1) is 0 Å². The second-order valence-electron chi connectivity index (χ2n) is 6.77. The average molecular weight is 304 g/mol. The van der Waals surface area contributed by atoms with Crippen molar-refractivity contribution in [2.45, 2.75) is 64.4 Å². The number of likely N-dealkylation sites (N-methyl/N-ethyl adjacent to an activating group) is 1. The molecule has 0 aliphatic carbocycles. The minimum Gasteiger partial charge on any atom is -0.391 e. The standard InChI is InChI=1S/C17H38NO3/c1-4-5-6-7-8-9-10-11-14-21-16-17(20)15-18(2,3)12-13-19/h17,19-20H,4-16H2,1-3H3/q+1. The second kappa shape index (κ2) is 13.5. The van der Waals surface area contributed by atoms with Crippen molar-refractivity contribution in [3.63, 3.8) is 0 Å². The third-order valence-corrected chi connectivity index (χ3v) is 3.86. The van der Waals surface area contributed by atoms with E-state index in [1.54, 1.807) is 0 Å². The van der Waals surface area contributed by atoms with E-state index in [1.807, 2.05) is 14.1 Å². The fourth-order valence-electron chi connectivity index (χ4n) is 2.54. The molecule has 0 spiro atoms. The molecule has 0 aromatic rings. The van der Waals surface area contributed by atoms with Crippen LogP contribution < -0.4 is 0 Å². The molecule has 0 rings (SSSR count). The summed E-state index contributed by atoms with van der Waals surface area (Å²) in [6.07, 6.45) is 9.94. The highest BCUT2D eigenvalue weighted by atomic mass is 16.5. The maximum atomic E-state index is 9.91. The summed E-state index contributed by atoms with van der Waals surface area (Å²) in [5.41, 5.74) is 0. The molecule has 0 radical (unpaired) electrons. The molecule has 2 N–H and O–H groups in total. The van der Waals surface area contributed by atoms with Gasteiger partial charge in [0.1, 0.15) is 19.2 Å². The molecule has 0 aromatic heterocycles. The van der Waals surface area contributed by atoms with Crippen molar-refractivity contribution in [1.29, 1.82) is 0 Å². The summed E-state index contributed by atoms with van der Waals surface area (Å²) in [6, 6.07) is 0. The van der Waals surface area contributed by atoms with Crippen LogP contribution in [0.25, 0.3) is 0 Å². The largest absolute Gasteiger partial charge is 0.391 e. The summed E-state index contributed by atoms with van der Waals surface area (Å²) < 4.78 is 6.17. The minimum absolute atomic E-state index is 0.152. The lowest BCUT2D eigenvalue weighted by Gasteiger charge is -2.31. The zero-order chi connectivity index (χ0) is 16.0. The molecule has 0 saturated heterocycles. The average Bonchev–Trinajstić information content (AvgIpc) is 2.40. The first-order valence-electron chi connectivity index (χ1n) is 8.70. The predicted octanol–water partition coefficient (Wildman–Crippen LogP) is 2.57. The Kier molecular flexibility index (Phi) is 13.4. The highest BCUT2D eigenvalue weighted by Crippen LogP contribution is 2.08. The molecule has 0 amide bonds. The molecule has 1 atom stereocenters. The van der Waals surface area contributed by atoms with Crippen LogP contribution >= 0.6 is 0 Å². The normalized spacial score (nSPS) is 13.6. The molecule has 4 heteroatoms. The monoisotopic (exact) mass is 304 g/mol.